The Morgan fingerprint density at radius 1 is 1.75 bits per heavy atom. The first-order valence-corrected chi connectivity index (χ1v) is 4.50. The summed E-state index contributed by atoms with van der Waals surface area (Å²) in [5.74, 6) is 0.156. The first kappa shape index (κ1) is 9.25. The maximum absolute atomic E-state index is 10.9. The molecule has 0 aliphatic heterocycles. The third-order valence-electron chi connectivity index (χ3n) is 1.52. The topological polar surface area (TPSA) is 47.8 Å². The van der Waals surface area contributed by atoms with E-state index in [1.807, 2.05) is 14.0 Å². The molecule has 0 saturated carbocycles. The highest BCUT2D eigenvalue weighted by Crippen LogP contribution is 2.19. The minimum atomic E-state index is -0.0482. The molecule has 1 rings (SSSR count). The Kier molecular flexibility index (Phi) is 2.86. The lowest BCUT2D eigenvalue weighted by atomic mass is 10.3. The van der Waals surface area contributed by atoms with Crippen LogP contribution in [0.4, 0.5) is 0 Å². The number of hydrogen-bond acceptors (Lipinski definition) is 4. The summed E-state index contributed by atoms with van der Waals surface area (Å²) in [4.78, 5) is 10.9. The lowest BCUT2D eigenvalue weighted by Gasteiger charge is -2.04. The second-order valence-corrected chi connectivity index (χ2v) is 3.90. The highest BCUT2D eigenvalue weighted by molar-refractivity contribution is 8.00. The van der Waals surface area contributed by atoms with Crippen LogP contribution in [0.2, 0.25) is 0 Å². The van der Waals surface area contributed by atoms with Crippen LogP contribution in [0.15, 0.2) is 11.5 Å². The van der Waals surface area contributed by atoms with Crippen molar-refractivity contribution in [1.82, 2.24) is 14.8 Å². The van der Waals surface area contributed by atoms with Crippen LogP contribution in [0.25, 0.3) is 0 Å². The molecule has 0 N–H and O–H groups in total. The smallest absolute Gasteiger partial charge is 0.191 e. The van der Waals surface area contributed by atoms with Crippen LogP contribution in [-0.4, -0.2) is 25.8 Å². The Balaban J connectivity index is 2.64. The Labute approximate surface area is 75.4 Å². The lowest BCUT2D eigenvalue weighted by Crippen LogP contribution is -2.09. The predicted molar refractivity (Wildman–Crippen MR) is 47.0 cm³/mol. The molecule has 0 amide bonds. The number of thioether (sulfide) groups is 1. The van der Waals surface area contributed by atoms with Crippen LogP contribution in [0.3, 0.4) is 0 Å². The Hall–Kier alpha value is -0.840. The van der Waals surface area contributed by atoms with Gasteiger partial charge in [-0.05, 0) is 13.8 Å². The first-order valence-electron chi connectivity index (χ1n) is 3.62. The third kappa shape index (κ3) is 2.07. The second kappa shape index (κ2) is 3.71. The molecule has 4 nitrogen and oxygen atoms in total. The molecule has 0 radical (unpaired) electrons. The van der Waals surface area contributed by atoms with Gasteiger partial charge in [0.2, 0.25) is 0 Å². The number of rotatable bonds is 3. The summed E-state index contributed by atoms with van der Waals surface area (Å²) in [5.41, 5.74) is 0. The fourth-order valence-corrected chi connectivity index (χ4v) is 1.41. The summed E-state index contributed by atoms with van der Waals surface area (Å²) in [7, 11) is 1.86. The summed E-state index contributed by atoms with van der Waals surface area (Å²) in [5, 5.41) is 8.30. The van der Waals surface area contributed by atoms with E-state index in [9.17, 15) is 4.79 Å². The van der Waals surface area contributed by atoms with Gasteiger partial charge in [0.15, 0.2) is 5.16 Å². The monoisotopic (exact) mass is 185 g/mol. The zero-order chi connectivity index (χ0) is 9.14. The van der Waals surface area contributed by atoms with Gasteiger partial charge in [-0.3, -0.25) is 4.79 Å². The van der Waals surface area contributed by atoms with Crippen LogP contribution < -0.4 is 0 Å². The van der Waals surface area contributed by atoms with E-state index in [1.54, 1.807) is 17.8 Å². The second-order valence-electron chi connectivity index (χ2n) is 2.60. The Bertz CT molecular complexity index is 284. The van der Waals surface area contributed by atoms with Crippen molar-refractivity contribution >= 4 is 17.5 Å². The number of ketones is 1. The van der Waals surface area contributed by atoms with Gasteiger partial charge < -0.3 is 4.57 Å². The molecule has 0 fully saturated rings. The standard InChI is InChI=1S/C7H11N3OS/c1-5(11)6(2)12-7-9-8-4-10(7)3/h4,6H,1-3H3. The van der Waals surface area contributed by atoms with Crippen molar-refractivity contribution in [2.75, 3.05) is 0 Å². The molecule has 1 unspecified atom stereocenters. The average molecular weight is 185 g/mol. The summed E-state index contributed by atoms with van der Waals surface area (Å²) in [6, 6.07) is 0. The minimum Gasteiger partial charge on any atom is -0.312 e. The quantitative estimate of drug-likeness (QED) is 0.656. The Morgan fingerprint density at radius 2 is 2.42 bits per heavy atom. The number of nitrogens with zero attached hydrogens (tertiary/aromatic N) is 3. The number of hydrogen-bond donors (Lipinski definition) is 0. The molecule has 1 aromatic rings. The zero-order valence-corrected chi connectivity index (χ0v) is 8.13. The van der Waals surface area contributed by atoms with Crippen molar-refractivity contribution in [2.45, 2.75) is 24.3 Å². The minimum absolute atomic E-state index is 0.0482. The van der Waals surface area contributed by atoms with Crippen molar-refractivity contribution in [3.05, 3.63) is 6.33 Å². The Morgan fingerprint density at radius 3 is 2.83 bits per heavy atom. The molecule has 1 atom stereocenters. The van der Waals surface area contributed by atoms with Gasteiger partial charge in [-0.1, -0.05) is 11.8 Å². The number of Topliss-reactive ketones (excluding diaryl/α,β-unsaturated/α-hetero) is 1. The summed E-state index contributed by atoms with van der Waals surface area (Å²) < 4.78 is 1.80. The van der Waals surface area contributed by atoms with E-state index < -0.39 is 0 Å². The van der Waals surface area contributed by atoms with E-state index >= 15 is 0 Å². The molecule has 1 heterocycles. The third-order valence-corrected chi connectivity index (χ3v) is 2.79. The molecule has 12 heavy (non-hydrogen) atoms. The summed E-state index contributed by atoms with van der Waals surface area (Å²) in [6.45, 7) is 3.44. The van der Waals surface area contributed by atoms with Gasteiger partial charge in [0.1, 0.15) is 12.1 Å². The molecular formula is C7H11N3OS. The van der Waals surface area contributed by atoms with Crippen molar-refractivity contribution in [3.63, 3.8) is 0 Å². The normalized spacial score (nSPS) is 12.9. The molecule has 5 heteroatoms. The van der Waals surface area contributed by atoms with E-state index in [1.165, 1.54) is 11.8 Å². The highest BCUT2D eigenvalue weighted by Gasteiger charge is 2.12. The fraction of sp³-hybridized carbons (Fsp3) is 0.571. The maximum Gasteiger partial charge on any atom is 0.191 e. The molecule has 0 saturated heterocycles. The molecule has 0 aromatic carbocycles. The predicted octanol–water partition coefficient (Wildman–Crippen LogP) is 0.885. The van der Waals surface area contributed by atoms with Gasteiger partial charge in [-0.2, -0.15) is 0 Å². The van der Waals surface area contributed by atoms with Gasteiger partial charge in [-0.15, -0.1) is 10.2 Å². The average Bonchev–Trinajstić information content (AvgIpc) is 2.36. The lowest BCUT2D eigenvalue weighted by molar-refractivity contribution is -0.116. The van der Waals surface area contributed by atoms with E-state index in [-0.39, 0.29) is 11.0 Å². The number of aryl methyl sites for hydroxylation is 1. The molecule has 0 spiro atoms. The van der Waals surface area contributed by atoms with Gasteiger partial charge in [0.05, 0.1) is 5.25 Å². The van der Waals surface area contributed by atoms with E-state index in [0.717, 1.165) is 5.16 Å². The van der Waals surface area contributed by atoms with Gasteiger partial charge in [-0.25, -0.2) is 0 Å². The van der Waals surface area contributed by atoms with Crippen molar-refractivity contribution < 1.29 is 4.79 Å². The van der Waals surface area contributed by atoms with Crippen molar-refractivity contribution in [3.8, 4) is 0 Å². The fourth-order valence-electron chi connectivity index (χ4n) is 0.620. The maximum atomic E-state index is 10.9. The molecule has 1 aromatic heterocycles. The molecule has 66 valence electrons. The van der Waals surface area contributed by atoms with Crippen molar-refractivity contribution in [1.29, 1.82) is 0 Å². The molecular weight excluding hydrogens is 174 g/mol. The van der Waals surface area contributed by atoms with Gasteiger partial charge in [0.25, 0.3) is 0 Å². The molecule has 0 bridgehead atoms. The van der Waals surface area contributed by atoms with Crippen LogP contribution in [0.5, 0.6) is 0 Å². The number of carbonyl (C=O) groups is 1. The van der Waals surface area contributed by atoms with E-state index in [2.05, 4.69) is 10.2 Å². The van der Waals surface area contributed by atoms with Gasteiger partial charge in [0, 0.05) is 7.05 Å². The van der Waals surface area contributed by atoms with Crippen LogP contribution in [-0.2, 0) is 11.8 Å². The van der Waals surface area contributed by atoms with Crippen LogP contribution in [0.1, 0.15) is 13.8 Å². The number of carbonyl (C=O) groups excluding carboxylic acids is 1. The summed E-state index contributed by atoms with van der Waals surface area (Å²) in [6.07, 6.45) is 1.62. The summed E-state index contributed by atoms with van der Waals surface area (Å²) >= 11 is 1.42. The van der Waals surface area contributed by atoms with Crippen molar-refractivity contribution in [2.24, 2.45) is 7.05 Å². The largest absolute Gasteiger partial charge is 0.312 e. The van der Waals surface area contributed by atoms with E-state index in [0.29, 0.717) is 0 Å². The first-order chi connectivity index (χ1) is 5.61. The van der Waals surface area contributed by atoms with Gasteiger partial charge >= 0.3 is 0 Å². The molecule has 0 aliphatic rings. The zero-order valence-electron chi connectivity index (χ0n) is 7.31. The van der Waals surface area contributed by atoms with Crippen LogP contribution >= 0.6 is 11.8 Å². The highest BCUT2D eigenvalue weighted by atomic mass is 32.2. The SMILES string of the molecule is CC(=O)C(C)Sc1nncn1C. The van der Waals surface area contributed by atoms with Crippen LogP contribution in [0, 0.1) is 0 Å². The molecule has 0 aliphatic carbocycles. The van der Waals surface area contributed by atoms with E-state index in [4.69, 9.17) is 0 Å². The number of aromatic nitrogens is 3.